The monoisotopic (exact) mass is 822 g/mol. The zero-order valence-corrected chi connectivity index (χ0v) is 40.9. The minimum atomic E-state index is 0.290. The quantitative estimate of drug-likeness (QED) is 0.150. The van der Waals surface area contributed by atoms with Crippen molar-refractivity contribution in [1.29, 1.82) is 0 Å². The van der Waals surface area contributed by atoms with Crippen LogP contribution in [-0.4, -0.2) is 23.9 Å². The van der Waals surface area contributed by atoms with Gasteiger partial charge < -0.3 is 23.4 Å². The van der Waals surface area contributed by atoms with Gasteiger partial charge in [0.1, 0.15) is 5.65 Å². The summed E-state index contributed by atoms with van der Waals surface area (Å²) in [6.07, 6.45) is 28.4. The summed E-state index contributed by atoms with van der Waals surface area (Å²) in [6.45, 7) is 34.8. The number of nitrogens with one attached hydrogen (secondary N) is 2. The molecule has 6 aromatic rings. The number of imidazole rings is 1. The SMILES string of the molecule is CC(C)(C)c1[nH]cc2c1CCC2.CC(C)(C)c1c2c(n3c1CCC3)CCCCC2.CC(C)C.CC(C)C.CC(C)C.c1cc[nH]c1.c1ccn2ccnc2c1.c1ccoc1. The Kier molecular flexibility index (Phi) is 23.3. The van der Waals surface area contributed by atoms with Crippen molar-refractivity contribution in [2.45, 2.75) is 185 Å². The molecule has 0 fully saturated rings. The smallest absolute Gasteiger partial charge is 0.136 e. The molecule has 334 valence electrons. The maximum Gasteiger partial charge on any atom is 0.136 e. The van der Waals surface area contributed by atoms with Crippen molar-refractivity contribution in [3.05, 3.63) is 132 Å². The van der Waals surface area contributed by atoms with E-state index in [0.29, 0.717) is 5.41 Å². The van der Waals surface area contributed by atoms with Crippen molar-refractivity contribution in [2.75, 3.05) is 0 Å². The van der Waals surface area contributed by atoms with Gasteiger partial charge in [0, 0.05) is 66.2 Å². The maximum absolute atomic E-state index is 4.58. The van der Waals surface area contributed by atoms with Gasteiger partial charge in [0.25, 0.3) is 0 Å². The van der Waals surface area contributed by atoms with E-state index in [2.05, 4.69) is 134 Å². The van der Waals surface area contributed by atoms with E-state index in [4.69, 9.17) is 0 Å². The van der Waals surface area contributed by atoms with Gasteiger partial charge in [0.2, 0.25) is 0 Å². The topological polar surface area (TPSA) is 67.0 Å². The highest BCUT2D eigenvalue weighted by Gasteiger charge is 2.32. The van der Waals surface area contributed by atoms with E-state index >= 15 is 0 Å². The molecule has 60 heavy (non-hydrogen) atoms. The third-order valence-electron chi connectivity index (χ3n) is 9.40. The Bertz CT molecular complexity index is 1800. The summed E-state index contributed by atoms with van der Waals surface area (Å²) in [5, 5.41) is 0. The second-order valence-electron chi connectivity index (χ2n) is 20.4. The first-order valence-electron chi connectivity index (χ1n) is 23.2. The standard InChI is InChI=1S/C16H25N.C11H17N.C7H6N2.C4H5N.C4H4O.3C4H10/c1-16(2,3)15-12-8-5-4-6-9-13(12)17-11-7-10-14(15)17;1-11(2,3)10-9-6-4-5-8(9)7-12-10;1-2-5-9-6-4-8-7(9)3-1;2*1-2-4-5-3-1;3*1-4(2)3/h4-11H2,1-3H3;7,12H,4-6H2,1-3H3;1-6H;1-5H;1-4H;3*4H,1-3H3. The Morgan fingerprint density at radius 2 is 1.18 bits per heavy atom. The predicted octanol–water partition coefficient (Wildman–Crippen LogP) is 15.4. The normalized spacial score (nSPS) is 13.6. The second kappa shape index (κ2) is 26.9. The van der Waals surface area contributed by atoms with Gasteiger partial charge in [-0.05, 0) is 140 Å². The van der Waals surface area contributed by atoms with E-state index in [1.54, 1.807) is 52.4 Å². The number of aromatic nitrogens is 5. The molecule has 2 N–H and O–H groups in total. The molecule has 0 radical (unpaired) electrons. The van der Waals surface area contributed by atoms with Crippen LogP contribution in [0.4, 0.5) is 0 Å². The predicted molar refractivity (Wildman–Crippen MR) is 260 cm³/mol. The Morgan fingerprint density at radius 3 is 1.70 bits per heavy atom. The fourth-order valence-corrected chi connectivity index (χ4v) is 7.42. The molecule has 6 heteroatoms. The molecule has 1 aliphatic heterocycles. The van der Waals surface area contributed by atoms with E-state index < -0.39 is 0 Å². The molecule has 2 aliphatic carbocycles. The van der Waals surface area contributed by atoms with Crippen LogP contribution in [0.5, 0.6) is 0 Å². The number of furan rings is 1. The third-order valence-corrected chi connectivity index (χ3v) is 9.40. The van der Waals surface area contributed by atoms with Crippen molar-refractivity contribution in [3.63, 3.8) is 0 Å². The number of pyridine rings is 1. The molecule has 6 nitrogen and oxygen atoms in total. The number of nitrogens with zero attached hydrogens (tertiary/aromatic N) is 3. The lowest BCUT2D eigenvalue weighted by molar-refractivity contribution is 0.565. The molecule has 0 spiro atoms. The van der Waals surface area contributed by atoms with Crippen LogP contribution in [0.3, 0.4) is 0 Å². The molecule has 0 aromatic carbocycles. The molecule has 6 aromatic heterocycles. The molecule has 9 rings (SSSR count). The Morgan fingerprint density at radius 1 is 0.600 bits per heavy atom. The minimum Gasteiger partial charge on any atom is -0.473 e. The van der Waals surface area contributed by atoms with Crippen molar-refractivity contribution in [3.8, 4) is 0 Å². The second-order valence-corrected chi connectivity index (χ2v) is 20.4. The van der Waals surface area contributed by atoms with Crippen LogP contribution in [0.25, 0.3) is 5.65 Å². The highest BCUT2D eigenvalue weighted by molar-refractivity contribution is 5.45. The molecule has 0 saturated carbocycles. The van der Waals surface area contributed by atoms with Crippen LogP contribution in [0, 0.1) is 17.8 Å². The molecular formula is C54H87N5O. The van der Waals surface area contributed by atoms with Crippen LogP contribution in [0.15, 0.2) is 96.6 Å². The van der Waals surface area contributed by atoms with Gasteiger partial charge in [-0.25, -0.2) is 4.98 Å². The zero-order chi connectivity index (χ0) is 44.7. The molecule has 7 heterocycles. The summed E-state index contributed by atoms with van der Waals surface area (Å²) >= 11 is 0. The third kappa shape index (κ3) is 19.5. The van der Waals surface area contributed by atoms with Gasteiger partial charge >= 0.3 is 0 Å². The van der Waals surface area contributed by atoms with Crippen LogP contribution in [-0.2, 0) is 49.5 Å². The van der Waals surface area contributed by atoms with E-state index in [-0.39, 0.29) is 5.41 Å². The summed E-state index contributed by atoms with van der Waals surface area (Å²) in [7, 11) is 0. The van der Waals surface area contributed by atoms with E-state index in [0.717, 1.165) is 23.4 Å². The fraction of sp³-hybridized carbons (Fsp3) is 0.574. The van der Waals surface area contributed by atoms with Crippen molar-refractivity contribution in [1.82, 2.24) is 23.9 Å². The fourth-order valence-electron chi connectivity index (χ4n) is 7.42. The molecule has 0 saturated heterocycles. The number of hydrogen-bond acceptors (Lipinski definition) is 2. The van der Waals surface area contributed by atoms with Gasteiger partial charge in [-0.15, -0.1) is 0 Å². The summed E-state index contributed by atoms with van der Waals surface area (Å²) < 4.78 is 9.24. The molecule has 0 bridgehead atoms. The zero-order valence-electron chi connectivity index (χ0n) is 40.9. The summed E-state index contributed by atoms with van der Waals surface area (Å²) in [4.78, 5) is 10.4. The van der Waals surface area contributed by atoms with Crippen LogP contribution in [0.2, 0.25) is 0 Å². The number of aromatic amines is 2. The summed E-state index contributed by atoms with van der Waals surface area (Å²) in [5.74, 6) is 2.50. The molecule has 0 unspecified atom stereocenters. The molecule has 0 atom stereocenters. The average Bonchev–Trinajstić information content (AvgIpc) is 4.00. The number of rotatable bonds is 0. The van der Waals surface area contributed by atoms with E-state index in [1.807, 2.05) is 71.7 Å². The lowest BCUT2D eigenvalue weighted by atomic mass is 9.82. The lowest BCUT2D eigenvalue weighted by Crippen LogP contribution is -2.15. The summed E-state index contributed by atoms with van der Waals surface area (Å²) in [6, 6.07) is 13.5. The first kappa shape index (κ1) is 51.9. The van der Waals surface area contributed by atoms with Crippen LogP contribution < -0.4 is 0 Å². The van der Waals surface area contributed by atoms with Gasteiger partial charge in [-0.2, -0.15) is 0 Å². The van der Waals surface area contributed by atoms with Crippen molar-refractivity contribution < 1.29 is 4.42 Å². The summed E-state index contributed by atoms with van der Waals surface area (Å²) in [5.41, 5.74) is 13.1. The molecule has 3 aliphatic rings. The highest BCUT2D eigenvalue weighted by Crippen LogP contribution is 2.40. The largest absolute Gasteiger partial charge is 0.473 e. The maximum atomic E-state index is 4.58. The number of fused-ring (bicyclic) bond motifs is 5. The van der Waals surface area contributed by atoms with Gasteiger partial charge in [0.15, 0.2) is 0 Å². The van der Waals surface area contributed by atoms with E-state index in [9.17, 15) is 0 Å². The molecule has 0 amide bonds. The van der Waals surface area contributed by atoms with E-state index in [1.165, 1.54) is 76.4 Å². The Labute approximate surface area is 367 Å². The van der Waals surface area contributed by atoms with Gasteiger partial charge in [-0.1, -0.05) is 116 Å². The minimum absolute atomic E-state index is 0.290. The Hall–Kier alpha value is -4.19. The Balaban J connectivity index is 0.000000254. The first-order chi connectivity index (χ1) is 28.3. The first-order valence-corrected chi connectivity index (χ1v) is 23.2. The number of aryl methyl sites for hydroxylation is 1. The van der Waals surface area contributed by atoms with Gasteiger partial charge in [0.05, 0.1) is 12.5 Å². The number of H-pyrrole nitrogens is 2. The molecular weight excluding hydrogens is 735 g/mol. The average molecular weight is 822 g/mol. The van der Waals surface area contributed by atoms with Crippen LogP contribution >= 0.6 is 0 Å². The van der Waals surface area contributed by atoms with Gasteiger partial charge in [-0.3, -0.25) is 0 Å². The van der Waals surface area contributed by atoms with Crippen molar-refractivity contribution >= 4 is 5.65 Å². The highest BCUT2D eigenvalue weighted by atomic mass is 16.3. The van der Waals surface area contributed by atoms with Crippen molar-refractivity contribution in [2.24, 2.45) is 17.8 Å². The van der Waals surface area contributed by atoms with Crippen LogP contribution in [0.1, 0.15) is 175 Å². The lowest BCUT2D eigenvalue weighted by Gasteiger charge is -2.22. The number of hydrogen-bond donors (Lipinski definition) is 2.